The van der Waals surface area contributed by atoms with Crippen LogP contribution in [-0.4, -0.2) is 11.3 Å². The second-order valence-electron chi connectivity index (χ2n) is 3.67. The highest BCUT2D eigenvalue weighted by molar-refractivity contribution is 7.18. The minimum Gasteiger partial charge on any atom is -0.458 e. The summed E-state index contributed by atoms with van der Waals surface area (Å²) in [5, 5.41) is 0.998. The van der Waals surface area contributed by atoms with Crippen LogP contribution >= 0.6 is 11.3 Å². The summed E-state index contributed by atoms with van der Waals surface area (Å²) in [6.07, 6.45) is 1.34. The fourth-order valence-electron chi connectivity index (χ4n) is 1.70. The summed E-state index contributed by atoms with van der Waals surface area (Å²) in [5.74, 6) is 1.13. The van der Waals surface area contributed by atoms with Gasteiger partial charge in [-0.2, -0.15) is 0 Å². The van der Waals surface area contributed by atoms with Gasteiger partial charge in [0.1, 0.15) is 10.8 Å². The molecule has 3 aromatic rings. The van der Waals surface area contributed by atoms with Crippen molar-refractivity contribution in [2.45, 2.75) is 6.42 Å². The van der Waals surface area contributed by atoms with E-state index in [0.717, 1.165) is 16.3 Å². The number of para-hydroxylation sites is 1. The lowest BCUT2D eigenvalue weighted by Crippen LogP contribution is -1.83. The van der Waals surface area contributed by atoms with Crippen molar-refractivity contribution in [3.8, 4) is 0 Å². The van der Waals surface area contributed by atoms with E-state index in [9.17, 15) is 4.79 Å². The molecule has 2 aromatic heterocycles. The van der Waals surface area contributed by atoms with E-state index < -0.39 is 0 Å². The molecule has 0 saturated carbocycles. The van der Waals surface area contributed by atoms with Gasteiger partial charge in [0.05, 0.1) is 16.6 Å². The summed E-state index contributed by atoms with van der Waals surface area (Å²) in [4.78, 5) is 15.0. The zero-order valence-electron chi connectivity index (χ0n) is 8.92. The summed E-state index contributed by atoms with van der Waals surface area (Å²) in [7, 11) is 0. The van der Waals surface area contributed by atoms with Gasteiger partial charge in [0.15, 0.2) is 12.0 Å². The maximum absolute atomic E-state index is 10.5. The second kappa shape index (κ2) is 4.14. The van der Waals surface area contributed by atoms with Crippen LogP contribution in [0.1, 0.15) is 21.3 Å². The number of hydrogen-bond donors (Lipinski definition) is 0. The molecule has 17 heavy (non-hydrogen) atoms. The molecule has 0 unspecified atom stereocenters. The van der Waals surface area contributed by atoms with E-state index in [0.29, 0.717) is 18.5 Å². The molecule has 0 aliphatic rings. The normalized spacial score (nSPS) is 10.8. The summed E-state index contributed by atoms with van der Waals surface area (Å²) >= 11 is 1.65. The summed E-state index contributed by atoms with van der Waals surface area (Å²) in [5.41, 5.74) is 1.01. The zero-order valence-corrected chi connectivity index (χ0v) is 9.74. The van der Waals surface area contributed by atoms with E-state index in [-0.39, 0.29) is 0 Å². The third kappa shape index (κ3) is 1.99. The van der Waals surface area contributed by atoms with Crippen molar-refractivity contribution >= 4 is 27.8 Å². The van der Waals surface area contributed by atoms with E-state index in [2.05, 4.69) is 11.1 Å². The number of carbonyl (C=O) groups is 1. The Balaban J connectivity index is 1.91. The number of nitrogens with zero attached hydrogens (tertiary/aromatic N) is 1. The average Bonchev–Trinajstić information content (AvgIpc) is 2.94. The Morgan fingerprint density at radius 3 is 2.88 bits per heavy atom. The number of furan rings is 1. The van der Waals surface area contributed by atoms with Crippen molar-refractivity contribution < 1.29 is 9.21 Å². The van der Waals surface area contributed by atoms with Crippen LogP contribution in [0.5, 0.6) is 0 Å². The highest BCUT2D eigenvalue weighted by atomic mass is 32.1. The lowest BCUT2D eigenvalue weighted by Gasteiger charge is -1.90. The van der Waals surface area contributed by atoms with E-state index in [1.807, 2.05) is 24.3 Å². The Labute approximate surface area is 102 Å². The predicted octanol–water partition coefficient (Wildman–Crippen LogP) is 3.29. The Morgan fingerprint density at radius 2 is 2.12 bits per heavy atom. The van der Waals surface area contributed by atoms with Crippen LogP contribution in [0.25, 0.3) is 10.2 Å². The lowest BCUT2D eigenvalue weighted by atomic mass is 10.3. The number of carbonyl (C=O) groups excluding carboxylic acids is 1. The van der Waals surface area contributed by atoms with E-state index >= 15 is 0 Å². The molecule has 2 heterocycles. The molecular weight excluding hydrogens is 234 g/mol. The molecule has 0 atom stereocenters. The van der Waals surface area contributed by atoms with E-state index in [1.165, 1.54) is 4.70 Å². The van der Waals surface area contributed by atoms with Gasteiger partial charge in [0, 0.05) is 0 Å². The van der Waals surface area contributed by atoms with Gasteiger partial charge in [-0.25, -0.2) is 4.98 Å². The average molecular weight is 243 g/mol. The van der Waals surface area contributed by atoms with E-state index in [4.69, 9.17) is 4.42 Å². The first-order chi connectivity index (χ1) is 8.35. The van der Waals surface area contributed by atoms with Crippen molar-refractivity contribution in [3.05, 3.63) is 52.9 Å². The molecule has 3 rings (SSSR count). The first-order valence-electron chi connectivity index (χ1n) is 5.23. The van der Waals surface area contributed by atoms with Crippen LogP contribution in [0, 0.1) is 0 Å². The van der Waals surface area contributed by atoms with Crippen molar-refractivity contribution in [3.63, 3.8) is 0 Å². The molecule has 0 spiro atoms. The van der Waals surface area contributed by atoms with Gasteiger partial charge < -0.3 is 4.42 Å². The molecule has 0 aliphatic carbocycles. The minimum atomic E-state index is 0.362. The Kier molecular flexibility index (Phi) is 2.49. The summed E-state index contributed by atoms with van der Waals surface area (Å²) < 4.78 is 6.50. The van der Waals surface area contributed by atoms with Gasteiger partial charge in [-0.1, -0.05) is 12.1 Å². The monoisotopic (exact) mass is 243 g/mol. The SMILES string of the molecule is O=Cc1ccc(Cc2nc3ccccc3s2)o1. The van der Waals surface area contributed by atoms with Gasteiger partial charge in [-0.3, -0.25) is 4.79 Å². The molecule has 1 aromatic carbocycles. The number of rotatable bonds is 3. The quantitative estimate of drug-likeness (QED) is 0.663. The third-order valence-corrected chi connectivity index (χ3v) is 3.50. The minimum absolute atomic E-state index is 0.362. The zero-order chi connectivity index (χ0) is 11.7. The van der Waals surface area contributed by atoms with E-state index in [1.54, 1.807) is 17.4 Å². The van der Waals surface area contributed by atoms with Crippen molar-refractivity contribution in [1.82, 2.24) is 4.98 Å². The van der Waals surface area contributed by atoms with Crippen LogP contribution in [0.3, 0.4) is 0 Å². The largest absolute Gasteiger partial charge is 0.458 e. The van der Waals surface area contributed by atoms with Gasteiger partial charge in [-0.15, -0.1) is 11.3 Å². The maximum Gasteiger partial charge on any atom is 0.185 e. The molecule has 0 aliphatic heterocycles. The first-order valence-corrected chi connectivity index (χ1v) is 6.05. The molecular formula is C13H9NO2S. The molecule has 3 nitrogen and oxygen atoms in total. The number of hydrogen-bond acceptors (Lipinski definition) is 4. The molecule has 0 fully saturated rings. The smallest absolute Gasteiger partial charge is 0.185 e. The first kappa shape index (κ1) is 10.2. The van der Waals surface area contributed by atoms with Crippen LogP contribution in [0.2, 0.25) is 0 Å². The van der Waals surface area contributed by atoms with Crippen LogP contribution in [0.4, 0.5) is 0 Å². The van der Waals surface area contributed by atoms with Crippen molar-refractivity contribution in [2.75, 3.05) is 0 Å². The standard InChI is InChI=1S/C13H9NO2S/c15-8-10-6-5-9(16-10)7-13-14-11-3-1-2-4-12(11)17-13/h1-6,8H,7H2. The topological polar surface area (TPSA) is 43.1 Å². The number of benzene rings is 1. The lowest BCUT2D eigenvalue weighted by molar-refractivity contribution is 0.109. The molecule has 0 N–H and O–H groups in total. The van der Waals surface area contributed by atoms with Crippen LogP contribution < -0.4 is 0 Å². The van der Waals surface area contributed by atoms with Crippen LogP contribution in [0.15, 0.2) is 40.8 Å². The Hall–Kier alpha value is -1.94. The highest BCUT2D eigenvalue weighted by Gasteiger charge is 2.07. The van der Waals surface area contributed by atoms with Gasteiger partial charge in [-0.05, 0) is 24.3 Å². The second-order valence-corrected chi connectivity index (χ2v) is 4.79. The number of fused-ring (bicyclic) bond motifs is 1. The summed E-state index contributed by atoms with van der Waals surface area (Å²) in [6, 6.07) is 11.5. The molecule has 0 saturated heterocycles. The number of thiazole rings is 1. The molecule has 4 heteroatoms. The van der Waals surface area contributed by atoms with Crippen LogP contribution in [-0.2, 0) is 6.42 Å². The Bertz CT molecular complexity index is 636. The number of aldehydes is 1. The Morgan fingerprint density at radius 1 is 1.24 bits per heavy atom. The highest BCUT2D eigenvalue weighted by Crippen LogP contribution is 2.23. The van der Waals surface area contributed by atoms with Gasteiger partial charge in [0.2, 0.25) is 0 Å². The van der Waals surface area contributed by atoms with Gasteiger partial charge in [0.25, 0.3) is 0 Å². The molecule has 0 radical (unpaired) electrons. The molecule has 0 amide bonds. The number of aromatic nitrogens is 1. The maximum atomic E-state index is 10.5. The van der Waals surface area contributed by atoms with Crippen molar-refractivity contribution in [1.29, 1.82) is 0 Å². The fourth-order valence-corrected chi connectivity index (χ4v) is 2.67. The van der Waals surface area contributed by atoms with Crippen molar-refractivity contribution in [2.24, 2.45) is 0 Å². The third-order valence-electron chi connectivity index (χ3n) is 2.46. The molecule has 84 valence electrons. The van der Waals surface area contributed by atoms with Gasteiger partial charge >= 0.3 is 0 Å². The fraction of sp³-hybridized carbons (Fsp3) is 0.0769. The predicted molar refractivity (Wildman–Crippen MR) is 66.5 cm³/mol. The molecule has 0 bridgehead atoms. The summed E-state index contributed by atoms with van der Waals surface area (Å²) in [6.45, 7) is 0.